The van der Waals surface area contributed by atoms with Gasteiger partial charge in [0.1, 0.15) is 5.82 Å². The monoisotopic (exact) mass is 268 g/mol. The summed E-state index contributed by atoms with van der Waals surface area (Å²) in [6.45, 7) is 0.826. The molecule has 2 heteroatoms. The fourth-order valence-corrected chi connectivity index (χ4v) is 2.53. The summed E-state index contributed by atoms with van der Waals surface area (Å²) in [5.74, 6) is -0.210. The van der Waals surface area contributed by atoms with Crippen LogP contribution in [0, 0.1) is 5.82 Å². The molecule has 0 aromatic heterocycles. The van der Waals surface area contributed by atoms with Crippen LogP contribution in [-0.4, -0.2) is 12.7 Å². The van der Waals surface area contributed by atoms with Crippen LogP contribution >= 0.6 is 0 Å². The molecule has 1 unspecified atom stereocenters. The van der Waals surface area contributed by atoms with Crippen LogP contribution in [0.1, 0.15) is 24.0 Å². The lowest BCUT2D eigenvalue weighted by atomic mass is 9.96. The van der Waals surface area contributed by atoms with Crippen molar-refractivity contribution in [3.05, 3.63) is 77.6 Å². The molecule has 2 aromatic carbocycles. The smallest absolute Gasteiger partial charge is 0.123 e. The molecule has 0 saturated carbocycles. The summed E-state index contributed by atoms with van der Waals surface area (Å²) < 4.78 is 18.8. The average molecular weight is 268 g/mol. The van der Waals surface area contributed by atoms with E-state index in [9.17, 15) is 4.39 Å². The van der Waals surface area contributed by atoms with Gasteiger partial charge in [0.2, 0.25) is 0 Å². The molecule has 0 radical (unpaired) electrons. The Labute approximate surface area is 118 Å². The highest BCUT2D eigenvalue weighted by atomic mass is 19.1. The molecule has 1 aliphatic rings. The Morgan fingerprint density at radius 3 is 2.35 bits per heavy atom. The van der Waals surface area contributed by atoms with E-state index in [1.54, 1.807) is 0 Å². The quantitative estimate of drug-likeness (QED) is 0.799. The molecule has 3 rings (SSSR count). The maximum Gasteiger partial charge on any atom is 0.123 e. The molecular weight excluding hydrogens is 251 g/mol. The van der Waals surface area contributed by atoms with Gasteiger partial charge in [0.15, 0.2) is 0 Å². The second-order valence-corrected chi connectivity index (χ2v) is 5.00. The molecule has 1 fully saturated rings. The van der Waals surface area contributed by atoms with Crippen LogP contribution in [0.5, 0.6) is 0 Å². The Hall–Kier alpha value is -1.93. The summed E-state index contributed by atoms with van der Waals surface area (Å²) in [6.07, 6.45) is 4.48. The summed E-state index contributed by atoms with van der Waals surface area (Å²) in [5, 5.41) is 0. The van der Waals surface area contributed by atoms with Crippen LogP contribution in [0.15, 0.2) is 60.7 Å². The van der Waals surface area contributed by atoms with Crippen molar-refractivity contribution >= 4 is 5.57 Å². The zero-order valence-electron chi connectivity index (χ0n) is 11.3. The van der Waals surface area contributed by atoms with Gasteiger partial charge in [0.05, 0.1) is 6.10 Å². The molecule has 0 amide bonds. The van der Waals surface area contributed by atoms with E-state index in [0.717, 1.165) is 36.1 Å². The second-order valence-electron chi connectivity index (χ2n) is 5.00. The van der Waals surface area contributed by atoms with Gasteiger partial charge in [-0.05, 0) is 47.8 Å². The first-order valence-corrected chi connectivity index (χ1v) is 6.98. The van der Waals surface area contributed by atoms with Gasteiger partial charge in [0.25, 0.3) is 0 Å². The van der Waals surface area contributed by atoms with Gasteiger partial charge in [-0.1, -0.05) is 42.5 Å². The Kier molecular flexibility index (Phi) is 3.93. The van der Waals surface area contributed by atoms with E-state index in [0.29, 0.717) is 0 Å². The highest BCUT2D eigenvalue weighted by Crippen LogP contribution is 2.26. The van der Waals surface area contributed by atoms with Crippen molar-refractivity contribution in [2.75, 3.05) is 6.61 Å². The SMILES string of the molecule is Fc1ccc(/C(=C/C2CCCO2)c2ccccc2)cc1. The Morgan fingerprint density at radius 2 is 1.70 bits per heavy atom. The van der Waals surface area contributed by atoms with Gasteiger partial charge in [0, 0.05) is 6.61 Å². The van der Waals surface area contributed by atoms with Gasteiger partial charge >= 0.3 is 0 Å². The molecule has 0 bridgehead atoms. The molecule has 0 N–H and O–H groups in total. The Morgan fingerprint density at radius 1 is 1.00 bits per heavy atom. The zero-order chi connectivity index (χ0) is 13.8. The van der Waals surface area contributed by atoms with Crippen LogP contribution in [0.25, 0.3) is 5.57 Å². The van der Waals surface area contributed by atoms with E-state index >= 15 is 0 Å². The van der Waals surface area contributed by atoms with E-state index in [1.165, 1.54) is 12.1 Å². The minimum absolute atomic E-state index is 0.162. The lowest BCUT2D eigenvalue weighted by Crippen LogP contribution is -2.02. The molecule has 20 heavy (non-hydrogen) atoms. The first-order chi connectivity index (χ1) is 9.83. The molecule has 0 aliphatic carbocycles. The van der Waals surface area contributed by atoms with Crippen molar-refractivity contribution in [3.8, 4) is 0 Å². The van der Waals surface area contributed by atoms with Crippen LogP contribution in [0.2, 0.25) is 0 Å². The van der Waals surface area contributed by atoms with Crippen LogP contribution in [0.4, 0.5) is 4.39 Å². The number of hydrogen-bond donors (Lipinski definition) is 0. The van der Waals surface area contributed by atoms with Crippen molar-refractivity contribution in [3.63, 3.8) is 0 Å². The molecule has 1 atom stereocenters. The van der Waals surface area contributed by atoms with Gasteiger partial charge < -0.3 is 4.74 Å². The highest BCUT2D eigenvalue weighted by molar-refractivity contribution is 5.80. The summed E-state index contributed by atoms with van der Waals surface area (Å²) >= 11 is 0. The third kappa shape index (κ3) is 2.97. The first-order valence-electron chi connectivity index (χ1n) is 6.98. The number of halogens is 1. The van der Waals surface area contributed by atoms with E-state index in [-0.39, 0.29) is 11.9 Å². The molecule has 2 aromatic rings. The summed E-state index contributed by atoms with van der Waals surface area (Å²) in [7, 11) is 0. The summed E-state index contributed by atoms with van der Waals surface area (Å²) in [6, 6.07) is 16.8. The standard InChI is InChI=1S/C18H17FO/c19-16-10-8-15(9-11-16)18(13-17-7-4-12-20-17)14-5-2-1-3-6-14/h1-3,5-6,8-11,13,17H,4,7,12H2/b18-13+. The van der Waals surface area contributed by atoms with Gasteiger partial charge in [-0.3, -0.25) is 0 Å². The van der Waals surface area contributed by atoms with Gasteiger partial charge in [-0.25, -0.2) is 4.39 Å². The van der Waals surface area contributed by atoms with Crippen LogP contribution in [-0.2, 0) is 4.74 Å². The van der Waals surface area contributed by atoms with E-state index in [2.05, 4.69) is 18.2 Å². The summed E-state index contributed by atoms with van der Waals surface area (Å²) in [4.78, 5) is 0. The van der Waals surface area contributed by atoms with E-state index < -0.39 is 0 Å². The lowest BCUT2D eigenvalue weighted by molar-refractivity contribution is 0.146. The Bertz CT molecular complexity index is 581. The molecule has 1 saturated heterocycles. The fourth-order valence-electron chi connectivity index (χ4n) is 2.53. The van der Waals surface area contributed by atoms with Crippen LogP contribution in [0.3, 0.4) is 0 Å². The number of ether oxygens (including phenoxy) is 1. The van der Waals surface area contributed by atoms with E-state index in [4.69, 9.17) is 4.74 Å². The van der Waals surface area contributed by atoms with Gasteiger partial charge in [-0.15, -0.1) is 0 Å². The first kappa shape index (κ1) is 13.1. The number of rotatable bonds is 3. The maximum atomic E-state index is 13.1. The van der Waals surface area contributed by atoms with Crippen molar-refractivity contribution in [2.45, 2.75) is 18.9 Å². The molecular formula is C18H17FO. The third-order valence-electron chi connectivity index (χ3n) is 3.56. The summed E-state index contributed by atoms with van der Waals surface area (Å²) in [5.41, 5.74) is 3.26. The van der Waals surface area contributed by atoms with Gasteiger partial charge in [-0.2, -0.15) is 0 Å². The molecule has 102 valence electrons. The topological polar surface area (TPSA) is 9.23 Å². The lowest BCUT2D eigenvalue weighted by Gasteiger charge is -2.12. The van der Waals surface area contributed by atoms with Crippen molar-refractivity contribution in [1.29, 1.82) is 0 Å². The molecule has 1 heterocycles. The highest BCUT2D eigenvalue weighted by Gasteiger charge is 2.15. The van der Waals surface area contributed by atoms with E-state index in [1.807, 2.05) is 30.3 Å². The zero-order valence-corrected chi connectivity index (χ0v) is 11.3. The minimum Gasteiger partial charge on any atom is -0.374 e. The maximum absolute atomic E-state index is 13.1. The Balaban J connectivity index is 2.01. The largest absolute Gasteiger partial charge is 0.374 e. The number of benzene rings is 2. The normalized spacial score (nSPS) is 19.2. The third-order valence-corrected chi connectivity index (χ3v) is 3.56. The van der Waals surface area contributed by atoms with Crippen molar-refractivity contribution in [1.82, 2.24) is 0 Å². The minimum atomic E-state index is -0.210. The van der Waals surface area contributed by atoms with Crippen LogP contribution < -0.4 is 0 Å². The predicted molar refractivity (Wildman–Crippen MR) is 78.9 cm³/mol. The fraction of sp³-hybridized carbons (Fsp3) is 0.222. The average Bonchev–Trinajstić information content (AvgIpc) is 3.00. The molecule has 0 spiro atoms. The predicted octanol–water partition coefficient (Wildman–Crippen LogP) is 4.44. The van der Waals surface area contributed by atoms with Crippen molar-refractivity contribution < 1.29 is 9.13 Å². The molecule has 1 nitrogen and oxygen atoms in total. The molecule has 1 aliphatic heterocycles. The van der Waals surface area contributed by atoms with Crippen molar-refractivity contribution in [2.24, 2.45) is 0 Å². The second kappa shape index (κ2) is 6.02. The number of hydrogen-bond acceptors (Lipinski definition) is 1.